The number of rotatable bonds is 7. The lowest BCUT2D eigenvalue weighted by molar-refractivity contribution is -0.131. The molecule has 5 rings (SSSR count). The number of nitrogens with one attached hydrogen (secondary N) is 1. The fourth-order valence-corrected chi connectivity index (χ4v) is 4.02. The average molecular weight is 461 g/mol. The molecular weight excluding hydrogens is 435 g/mol. The van der Waals surface area contributed by atoms with E-state index >= 15 is 0 Å². The quantitative estimate of drug-likeness (QED) is 0.453. The molecule has 10 heteroatoms. The number of aromatic nitrogens is 5. The molecule has 0 unspecified atom stereocenters. The number of carbonyl (C=O) groups is 1. The Morgan fingerprint density at radius 1 is 1.00 bits per heavy atom. The first-order valence-corrected chi connectivity index (χ1v) is 11.3. The Morgan fingerprint density at radius 3 is 2.59 bits per heavy atom. The van der Waals surface area contributed by atoms with Crippen molar-refractivity contribution < 1.29 is 9.18 Å². The number of hydrogen-bond donors (Lipinski definition) is 1. The Bertz CT molecular complexity index is 1250. The van der Waals surface area contributed by atoms with Crippen LogP contribution in [-0.4, -0.2) is 61.8 Å². The van der Waals surface area contributed by atoms with E-state index in [1.165, 1.54) is 12.1 Å². The van der Waals surface area contributed by atoms with Crippen LogP contribution in [0.1, 0.15) is 17.8 Å². The number of nitrogens with zero attached hydrogens (tertiary/aromatic N) is 7. The normalized spacial score (nSPS) is 13.9. The summed E-state index contributed by atoms with van der Waals surface area (Å²) in [5, 5.41) is 16.3. The van der Waals surface area contributed by atoms with Crippen molar-refractivity contribution in [3.63, 3.8) is 0 Å². The van der Waals surface area contributed by atoms with Crippen LogP contribution in [0.4, 0.5) is 15.9 Å². The molecule has 0 atom stereocenters. The van der Waals surface area contributed by atoms with Gasteiger partial charge in [0.15, 0.2) is 11.5 Å². The highest BCUT2D eigenvalue weighted by Gasteiger charge is 2.22. The van der Waals surface area contributed by atoms with Gasteiger partial charge < -0.3 is 15.1 Å². The first-order chi connectivity index (χ1) is 16.7. The van der Waals surface area contributed by atoms with Crippen LogP contribution in [-0.2, 0) is 17.8 Å². The number of pyridine rings is 1. The number of piperazine rings is 1. The maximum absolute atomic E-state index is 13.2. The predicted octanol–water partition coefficient (Wildman–Crippen LogP) is 2.55. The lowest BCUT2D eigenvalue weighted by Gasteiger charge is -2.36. The first-order valence-electron chi connectivity index (χ1n) is 11.3. The highest BCUT2D eigenvalue weighted by atomic mass is 19.1. The van der Waals surface area contributed by atoms with Crippen LogP contribution >= 0.6 is 0 Å². The summed E-state index contributed by atoms with van der Waals surface area (Å²) in [4.78, 5) is 21.0. The molecule has 0 radical (unpaired) electrons. The fourth-order valence-electron chi connectivity index (χ4n) is 4.02. The van der Waals surface area contributed by atoms with Gasteiger partial charge in [-0.05, 0) is 48.0 Å². The van der Waals surface area contributed by atoms with Crippen LogP contribution in [0.3, 0.4) is 0 Å². The summed E-state index contributed by atoms with van der Waals surface area (Å²) in [5.41, 5.74) is 2.67. The molecular formula is C24H25FN8O. The summed E-state index contributed by atoms with van der Waals surface area (Å²) in [5.74, 6) is 1.18. The maximum atomic E-state index is 13.2. The second kappa shape index (κ2) is 9.82. The number of hydrogen-bond acceptors (Lipinski definition) is 7. The van der Waals surface area contributed by atoms with Gasteiger partial charge in [0.1, 0.15) is 11.6 Å². The Kier molecular flexibility index (Phi) is 6.28. The maximum Gasteiger partial charge on any atom is 0.223 e. The van der Waals surface area contributed by atoms with E-state index in [0.29, 0.717) is 49.8 Å². The van der Waals surface area contributed by atoms with Crippen molar-refractivity contribution in [3.05, 3.63) is 78.1 Å². The highest BCUT2D eigenvalue weighted by Crippen LogP contribution is 2.18. The second-order valence-corrected chi connectivity index (χ2v) is 8.16. The van der Waals surface area contributed by atoms with Crippen molar-refractivity contribution in [3.8, 4) is 0 Å². The predicted molar refractivity (Wildman–Crippen MR) is 126 cm³/mol. The third-order valence-corrected chi connectivity index (χ3v) is 5.91. The standard InChI is InChI=1S/C24H25FN8O/c25-19-3-5-20(6-4-19)31-12-14-32(15-13-31)24(34)10-9-23-29-28-22-8-7-21(30-33(22)23)27-17-18-2-1-11-26-16-18/h1-8,11,16H,9-10,12-15,17H2,(H,27,30). The Hall–Kier alpha value is -4.08. The summed E-state index contributed by atoms with van der Waals surface area (Å²) < 4.78 is 14.8. The molecule has 4 aromatic rings. The van der Waals surface area contributed by atoms with Crippen LogP contribution in [0.15, 0.2) is 60.9 Å². The van der Waals surface area contributed by atoms with E-state index in [1.54, 1.807) is 29.0 Å². The molecule has 4 heterocycles. The van der Waals surface area contributed by atoms with Gasteiger partial charge in [0.2, 0.25) is 5.91 Å². The zero-order chi connectivity index (χ0) is 23.3. The zero-order valence-electron chi connectivity index (χ0n) is 18.6. The average Bonchev–Trinajstić information content (AvgIpc) is 3.29. The molecule has 34 heavy (non-hydrogen) atoms. The number of aryl methyl sites for hydroxylation is 1. The summed E-state index contributed by atoms with van der Waals surface area (Å²) in [6.07, 6.45) is 4.34. The number of benzene rings is 1. The van der Waals surface area contributed by atoms with Crippen LogP contribution < -0.4 is 10.2 Å². The molecule has 0 saturated carbocycles. The van der Waals surface area contributed by atoms with Crippen molar-refractivity contribution in [1.29, 1.82) is 0 Å². The molecule has 1 fully saturated rings. The van der Waals surface area contributed by atoms with Gasteiger partial charge >= 0.3 is 0 Å². The minimum absolute atomic E-state index is 0.0846. The van der Waals surface area contributed by atoms with Gasteiger partial charge in [-0.3, -0.25) is 9.78 Å². The number of fused-ring (bicyclic) bond motifs is 1. The molecule has 0 aliphatic carbocycles. The van der Waals surface area contributed by atoms with Crippen molar-refractivity contribution in [2.75, 3.05) is 36.4 Å². The fraction of sp³-hybridized carbons (Fsp3) is 0.292. The van der Waals surface area contributed by atoms with Crippen LogP contribution in [0.2, 0.25) is 0 Å². The van der Waals surface area contributed by atoms with Gasteiger partial charge in [-0.15, -0.1) is 15.3 Å². The number of anilines is 2. The Labute approximate surface area is 196 Å². The number of halogens is 1. The molecule has 3 aromatic heterocycles. The molecule has 1 aromatic carbocycles. The lowest BCUT2D eigenvalue weighted by Crippen LogP contribution is -2.48. The minimum Gasteiger partial charge on any atom is -0.368 e. The summed E-state index contributed by atoms with van der Waals surface area (Å²) in [7, 11) is 0. The molecule has 9 nitrogen and oxygen atoms in total. The van der Waals surface area contributed by atoms with E-state index in [-0.39, 0.29) is 11.7 Å². The molecule has 0 bridgehead atoms. The van der Waals surface area contributed by atoms with Gasteiger partial charge in [0.25, 0.3) is 0 Å². The zero-order valence-corrected chi connectivity index (χ0v) is 18.6. The third kappa shape index (κ3) is 4.95. The largest absolute Gasteiger partial charge is 0.368 e. The Morgan fingerprint density at radius 2 is 1.82 bits per heavy atom. The summed E-state index contributed by atoms with van der Waals surface area (Å²) in [6.45, 7) is 3.32. The van der Waals surface area contributed by atoms with Gasteiger partial charge in [0.05, 0.1) is 0 Å². The smallest absolute Gasteiger partial charge is 0.223 e. The van der Waals surface area contributed by atoms with E-state index in [1.807, 2.05) is 29.2 Å². The van der Waals surface area contributed by atoms with Gasteiger partial charge in [-0.2, -0.15) is 4.52 Å². The third-order valence-electron chi connectivity index (χ3n) is 5.91. The molecule has 1 saturated heterocycles. The van der Waals surface area contributed by atoms with Crippen LogP contribution in [0, 0.1) is 5.82 Å². The molecule has 0 spiro atoms. The topological polar surface area (TPSA) is 91.5 Å². The summed E-state index contributed by atoms with van der Waals surface area (Å²) >= 11 is 0. The lowest BCUT2D eigenvalue weighted by atomic mass is 10.2. The molecule has 1 aliphatic rings. The highest BCUT2D eigenvalue weighted by molar-refractivity contribution is 5.76. The van der Waals surface area contributed by atoms with E-state index in [0.717, 1.165) is 24.3 Å². The number of amides is 1. The molecule has 1 amide bonds. The van der Waals surface area contributed by atoms with Gasteiger partial charge in [0, 0.05) is 63.6 Å². The van der Waals surface area contributed by atoms with Crippen molar-refractivity contribution in [1.82, 2.24) is 29.7 Å². The van der Waals surface area contributed by atoms with Crippen molar-refractivity contribution in [2.24, 2.45) is 0 Å². The SMILES string of the molecule is O=C(CCc1nnc2ccc(NCc3cccnc3)nn12)N1CCN(c2ccc(F)cc2)CC1. The van der Waals surface area contributed by atoms with E-state index < -0.39 is 0 Å². The van der Waals surface area contributed by atoms with E-state index in [9.17, 15) is 9.18 Å². The molecule has 174 valence electrons. The minimum atomic E-state index is -0.246. The number of carbonyl (C=O) groups excluding carboxylic acids is 1. The first kappa shape index (κ1) is 21.7. The monoisotopic (exact) mass is 460 g/mol. The van der Waals surface area contributed by atoms with Crippen LogP contribution in [0.5, 0.6) is 0 Å². The summed E-state index contributed by atoms with van der Waals surface area (Å²) in [6, 6.07) is 14.1. The van der Waals surface area contributed by atoms with Gasteiger partial charge in [-0.1, -0.05) is 6.07 Å². The van der Waals surface area contributed by atoms with E-state index in [4.69, 9.17) is 0 Å². The van der Waals surface area contributed by atoms with Crippen molar-refractivity contribution >= 4 is 23.1 Å². The van der Waals surface area contributed by atoms with Gasteiger partial charge in [-0.25, -0.2) is 4.39 Å². The Balaban J connectivity index is 1.16. The van der Waals surface area contributed by atoms with E-state index in [2.05, 4.69) is 30.5 Å². The molecule has 1 aliphatic heterocycles. The van der Waals surface area contributed by atoms with Crippen LogP contribution in [0.25, 0.3) is 5.65 Å². The van der Waals surface area contributed by atoms with Crippen molar-refractivity contribution in [2.45, 2.75) is 19.4 Å². The molecule has 1 N–H and O–H groups in total. The second-order valence-electron chi connectivity index (χ2n) is 8.16.